The van der Waals surface area contributed by atoms with Crippen LogP contribution in [0.15, 0.2) is 0 Å². The van der Waals surface area contributed by atoms with E-state index in [1.807, 2.05) is 26.0 Å². The highest BCUT2D eigenvalue weighted by atomic mass is 16.2. The SMILES string of the molecule is CN(C)CCN(C)C(=O)CCC(C)(C)C. The number of hydrogen-bond donors (Lipinski definition) is 0. The van der Waals surface area contributed by atoms with Crippen molar-refractivity contribution in [2.75, 3.05) is 34.2 Å². The van der Waals surface area contributed by atoms with Gasteiger partial charge in [-0.15, -0.1) is 0 Å². The fourth-order valence-electron chi connectivity index (χ4n) is 1.15. The summed E-state index contributed by atoms with van der Waals surface area (Å²) in [6.45, 7) is 8.24. The van der Waals surface area contributed by atoms with Crippen LogP contribution < -0.4 is 0 Å². The number of likely N-dealkylation sites (N-methyl/N-ethyl adjacent to an activating group) is 2. The lowest BCUT2D eigenvalue weighted by Crippen LogP contribution is -2.33. The summed E-state index contributed by atoms with van der Waals surface area (Å²) in [6.07, 6.45) is 1.62. The summed E-state index contributed by atoms with van der Waals surface area (Å²) >= 11 is 0. The molecule has 0 aliphatic carbocycles. The van der Waals surface area contributed by atoms with Crippen LogP contribution in [-0.4, -0.2) is 49.9 Å². The van der Waals surface area contributed by atoms with E-state index in [0.717, 1.165) is 19.5 Å². The fraction of sp³-hybridized carbons (Fsp3) is 0.917. The molecule has 0 spiro atoms. The minimum atomic E-state index is 0.248. The lowest BCUT2D eigenvalue weighted by atomic mass is 9.90. The standard InChI is InChI=1S/C12H26N2O/c1-12(2,3)8-7-11(15)14(6)10-9-13(4)5/h7-10H2,1-6H3. The van der Waals surface area contributed by atoms with Crippen molar-refractivity contribution in [1.29, 1.82) is 0 Å². The lowest BCUT2D eigenvalue weighted by molar-refractivity contribution is -0.130. The van der Waals surface area contributed by atoms with E-state index in [9.17, 15) is 4.79 Å². The molecule has 90 valence electrons. The van der Waals surface area contributed by atoms with Gasteiger partial charge in [0.15, 0.2) is 0 Å². The number of carbonyl (C=O) groups excluding carboxylic acids is 1. The molecule has 0 aromatic rings. The molecule has 0 bridgehead atoms. The first-order valence-corrected chi connectivity index (χ1v) is 5.61. The molecule has 0 radical (unpaired) electrons. The van der Waals surface area contributed by atoms with E-state index in [2.05, 4.69) is 25.7 Å². The Kier molecular flexibility index (Phi) is 5.88. The van der Waals surface area contributed by atoms with Gasteiger partial charge in [0.1, 0.15) is 0 Å². The molecule has 3 heteroatoms. The number of amides is 1. The third-order valence-electron chi connectivity index (χ3n) is 2.40. The van der Waals surface area contributed by atoms with E-state index in [0.29, 0.717) is 6.42 Å². The smallest absolute Gasteiger partial charge is 0.222 e. The quantitative estimate of drug-likeness (QED) is 0.697. The molecule has 0 fully saturated rings. The van der Waals surface area contributed by atoms with Crippen LogP contribution in [0.2, 0.25) is 0 Å². The Balaban J connectivity index is 3.80. The normalized spacial score (nSPS) is 11.9. The zero-order chi connectivity index (χ0) is 12.1. The van der Waals surface area contributed by atoms with Crippen molar-refractivity contribution in [2.45, 2.75) is 33.6 Å². The molecule has 0 saturated heterocycles. The summed E-state index contributed by atoms with van der Waals surface area (Å²) in [7, 11) is 5.93. The molecule has 0 N–H and O–H groups in total. The van der Waals surface area contributed by atoms with Crippen molar-refractivity contribution >= 4 is 5.91 Å². The summed E-state index contributed by atoms with van der Waals surface area (Å²) < 4.78 is 0. The van der Waals surface area contributed by atoms with E-state index in [-0.39, 0.29) is 11.3 Å². The third kappa shape index (κ3) is 8.43. The topological polar surface area (TPSA) is 23.6 Å². The molecule has 0 heterocycles. The van der Waals surface area contributed by atoms with E-state index in [4.69, 9.17) is 0 Å². The molecule has 0 aromatic carbocycles. The Labute approximate surface area is 94.4 Å². The molecule has 0 aromatic heterocycles. The van der Waals surface area contributed by atoms with Gasteiger partial charge < -0.3 is 9.80 Å². The Morgan fingerprint density at radius 3 is 2.00 bits per heavy atom. The van der Waals surface area contributed by atoms with E-state index < -0.39 is 0 Å². The summed E-state index contributed by atoms with van der Waals surface area (Å²) in [6, 6.07) is 0. The van der Waals surface area contributed by atoms with Crippen molar-refractivity contribution in [1.82, 2.24) is 9.80 Å². The molecule has 0 aliphatic rings. The van der Waals surface area contributed by atoms with Crippen LogP contribution in [0.25, 0.3) is 0 Å². The zero-order valence-corrected chi connectivity index (χ0v) is 11.1. The minimum Gasteiger partial charge on any atom is -0.344 e. The predicted molar refractivity (Wildman–Crippen MR) is 64.9 cm³/mol. The van der Waals surface area contributed by atoms with Crippen molar-refractivity contribution in [3.63, 3.8) is 0 Å². The van der Waals surface area contributed by atoms with Crippen molar-refractivity contribution in [3.8, 4) is 0 Å². The first-order chi connectivity index (χ1) is 6.72. The number of nitrogens with zero attached hydrogens (tertiary/aromatic N) is 2. The summed E-state index contributed by atoms with van der Waals surface area (Å²) in [5.74, 6) is 0.256. The van der Waals surface area contributed by atoms with E-state index in [1.54, 1.807) is 0 Å². The van der Waals surface area contributed by atoms with Gasteiger partial charge in [0, 0.05) is 26.6 Å². The predicted octanol–water partition coefficient (Wildman–Crippen LogP) is 1.83. The van der Waals surface area contributed by atoms with Gasteiger partial charge in [-0.3, -0.25) is 4.79 Å². The Bertz CT molecular complexity index is 194. The van der Waals surface area contributed by atoms with Gasteiger partial charge in [0.2, 0.25) is 5.91 Å². The molecule has 15 heavy (non-hydrogen) atoms. The van der Waals surface area contributed by atoms with Crippen LogP contribution in [-0.2, 0) is 4.79 Å². The largest absolute Gasteiger partial charge is 0.344 e. The Hall–Kier alpha value is -0.570. The summed E-state index contributed by atoms with van der Waals surface area (Å²) in [5, 5.41) is 0. The van der Waals surface area contributed by atoms with Gasteiger partial charge >= 0.3 is 0 Å². The molecule has 3 nitrogen and oxygen atoms in total. The molecule has 0 atom stereocenters. The van der Waals surface area contributed by atoms with Gasteiger partial charge in [-0.1, -0.05) is 20.8 Å². The van der Waals surface area contributed by atoms with Gasteiger partial charge in [-0.2, -0.15) is 0 Å². The first kappa shape index (κ1) is 14.4. The van der Waals surface area contributed by atoms with E-state index in [1.165, 1.54) is 0 Å². The zero-order valence-electron chi connectivity index (χ0n) is 11.1. The number of carbonyl (C=O) groups is 1. The highest BCUT2D eigenvalue weighted by Gasteiger charge is 2.15. The van der Waals surface area contributed by atoms with Gasteiger partial charge in [0.25, 0.3) is 0 Å². The summed E-state index contributed by atoms with van der Waals surface area (Å²) in [5.41, 5.74) is 0.248. The second-order valence-electron chi connectivity index (χ2n) is 5.68. The third-order valence-corrected chi connectivity index (χ3v) is 2.40. The monoisotopic (exact) mass is 214 g/mol. The second kappa shape index (κ2) is 6.11. The average Bonchev–Trinajstić information content (AvgIpc) is 2.08. The number of rotatable bonds is 5. The molecular formula is C12H26N2O. The molecule has 0 saturated carbocycles. The van der Waals surface area contributed by atoms with Crippen LogP contribution in [0.5, 0.6) is 0 Å². The fourth-order valence-corrected chi connectivity index (χ4v) is 1.15. The molecule has 0 aliphatic heterocycles. The highest BCUT2D eigenvalue weighted by Crippen LogP contribution is 2.20. The maximum atomic E-state index is 11.7. The maximum absolute atomic E-state index is 11.7. The van der Waals surface area contributed by atoms with Gasteiger partial charge in [-0.25, -0.2) is 0 Å². The van der Waals surface area contributed by atoms with Gasteiger partial charge in [0.05, 0.1) is 0 Å². The highest BCUT2D eigenvalue weighted by molar-refractivity contribution is 5.75. The van der Waals surface area contributed by atoms with Crippen LogP contribution in [0, 0.1) is 5.41 Å². The van der Waals surface area contributed by atoms with Crippen molar-refractivity contribution in [3.05, 3.63) is 0 Å². The van der Waals surface area contributed by atoms with Crippen LogP contribution >= 0.6 is 0 Å². The lowest BCUT2D eigenvalue weighted by Gasteiger charge is -2.22. The maximum Gasteiger partial charge on any atom is 0.222 e. The van der Waals surface area contributed by atoms with Crippen molar-refractivity contribution in [2.24, 2.45) is 5.41 Å². The average molecular weight is 214 g/mol. The first-order valence-electron chi connectivity index (χ1n) is 5.61. The van der Waals surface area contributed by atoms with Crippen LogP contribution in [0.3, 0.4) is 0 Å². The summed E-state index contributed by atoms with van der Waals surface area (Å²) in [4.78, 5) is 15.6. The minimum absolute atomic E-state index is 0.248. The molecule has 1 amide bonds. The molecule has 0 rings (SSSR count). The number of hydrogen-bond acceptors (Lipinski definition) is 2. The molecule has 0 unspecified atom stereocenters. The van der Waals surface area contributed by atoms with Crippen LogP contribution in [0.4, 0.5) is 0 Å². The second-order valence-corrected chi connectivity index (χ2v) is 5.68. The Morgan fingerprint density at radius 1 is 1.07 bits per heavy atom. The van der Waals surface area contributed by atoms with Crippen LogP contribution in [0.1, 0.15) is 33.6 Å². The Morgan fingerprint density at radius 2 is 1.60 bits per heavy atom. The van der Waals surface area contributed by atoms with Gasteiger partial charge in [-0.05, 0) is 25.9 Å². The van der Waals surface area contributed by atoms with Crippen molar-refractivity contribution < 1.29 is 4.79 Å². The molecular weight excluding hydrogens is 188 g/mol. The van der Waals surface area contributed by atoms with E-state index >= 15 is 0 Å².